The Morgan fingerprint density at radius 2 is 2.17 bits per heavy atom. The van der Waals surface area contributed by atoms with Crippen LogP contribution in [0.1, 0.15) is 30.2 Å². The predicted molar refractivity (Wildman–Crippen MR) is 138 cm³/mol. The summed E-state index contributed by atoms with van der Waals surface area (Å²) < 4.78 is 1.11. The van der Waals surface area contributed by atoms with E-state index in [1.165, 1.54) is 39.8 Å². The van der Waals surface area contributed by atoms with Gasteiger partial charge < -0.3 is 15.3 Å². The summed E-state index contributed by atoms with van der Waals surface area (Å²) in [5.41, 5.74) is 0.691. The Kier molecular flexibility index (Phi) is 8.42. The van der Waals surface area contributed by atoms with Crippen molar-refractivity contribution in [3.05, 3.63) is 55.9 Å². The fourth-order valence-corrected chi connectivity index (χ4v) is 6.95. The number of thiophene rings is 1. The van der Waals surface area contributed by atoms with Crippen LogP contribution in [0.3, 0.4) is 0 Å². The van der Waals surface area contributed by atoms with Crippen LogP contribution < -0.4 is 15.8 Å². The van der Waals surface area contributed by atoms with E-state index in [2.05, 4.69) is 10.3 Å². The Balaban J connectivity index is 1.43. The molecule has 2 aliphatic heterocycles. The minimum atomic E-state index is -1.20. The molecular formula is C23H26N4O6S3. The Labute approximate surface area is 220 Å². The molecule has 0 spiro atoms. The summed E-state index contributed by atoms with van der Waals surface area (Å²) >= 11 is 4.12. The van der Waals surface area contributed by atoms with Crippen LogP contribution in [0.5, 0.6) is 0 Å². The molecular weight excluding hydrogens is 524 g/mol. The van der Waals surface area contributed by atoms with Gasteiger partial charge in [0.2, 0.25) is 5.91 Å². The summed E-state index contributed by atoms with van der Waals surface area (Å²) in [4.78, 5) is 61.3. The molecule has 0 aromatic carbocycles. The van der Waals surface area contributed by atoms with E-state index in [1.807, 2.05) is 24.4 Å². The number of β-lactam (4-membered cyclic amide) rings is 1. The summed E-state index contributed by atoms with van der Waals surface area (Å²) in [6, 6.07) is 2.95. The van der Waals surface area contributed by atoms with E-state index in [4.69, 9.17) is 4.84 Å². The number of hydrogen-bond donors (Lipinski definition) is 2. The lowest BCUT2D eigenvalue weighted by molar-refractivity contribution is -0.150. The van der Waals surface area contributed by atoms with Crippen LogP contribution in [-0.2, 0) is 20.8 Å². The van der Waals surface area contributed by atoms with Crippen molar-refractivity contribution in [3.63, 3.8) is 0 Å². The summed E-state index contributed by atoms with van der Waals surface area (Å²) in [5, 5.41) is 14.5. The first-order valence-corrected chi connectivity index (χ1v) is 14.3. The molecule has 10 nitrogen and oxygen atoms in total. The van der Waals surface area contributed by atoms with Gasteiger partial charge >= 0.3 is 11.7 Å². The third kappa shape index (κ3) is 5.62. The summed E-state index contributed by atoms with van der Waals surface area (Å²) in [7, 11) is 0. The molecule has 0 aliphatic carbocycles. The van der Waals surface area contributed by atoms with E-state index in [9.17, 15) is 24.3 Å². The maximum absolute atomic E-state index is 12.8. The number of carbonyl (C=O) groups is 3. The van der Waals surface area contributed by atoms with Gasteiger partial charge in [0.05, 0.1) is 12.6 Å². The van der Waals surface area contributed by atoms with Gasteiger partial charge in [0.15, 0.2) is 0 Å². The molecule has 4 heterocycles. The Morgan fingerprint density at radius 1 is 1.36 bits per heavy atom. The molecule has 2 aromatic heterocycles. The maximum Gasteiger partial charge on any atom is 0.381 e. The third-order valence-corrected chi connectivity index (χ3v) is 9.02. The van der Waals surface area contributed by atoms with Gasteiger partial charge in [0.1, 0.15) is 28.7 Å². The van der Waals surface area contributed by atoms with Crippen molar-refractivity contribution in [2.24, 2.45) is 0 Å². The second-order valence-electron chi connectivity index (χ2n) is 8.28. The van der Waals surface area contributed by atoms with Gasteiger partial charge in [0.25, 0.3) is 5.91 Å². The zero-order valence-electron chi connectivity index (χ0n) is 19.8. The quantitative estimate of drug-likeness (QED) is 0.186. The number of unbranched alkanes of at least 4 members (excludes halogenated alkanes) is 1. The van der Waals surface area contributed by atoms with Gasteiger partial charge in [-0.15, -0.1) is 39.6 Å². The number of carboxylic acid groups (broad SMARTS) is 1. The zero-order valence-corrected chi connectivity index (χ0v) is 22.2. The SMILES string of the molecule is CCCCOn1cc(C)c(SCC2=C(C(=O)O)N3C(=O)[C@@H](NC(=O)Cc4cccs4)[C@H]3SC2)nc1=O. The summed E-state index contributed by atoms with van der Waals surface area (Å²) in [6.07, 6.45) is 3.52. The first kappa shape index (κ1) is 26.3. The highest BCUT2D eigenvalue weighted by atomic mass is 32.2. The van der Waals surface area contributed by atoms with E-state index >= 15 is 0 Å². The number of rotatable bonds is 11. The second-order valence-corrected chi connectivity index (χ2v) is 11.4. The molecule has 2 atom stereocenters. The molecule has 0 bridgehead atoms. The number of hydrogen-bond acceptors (Lipinski definition) is 9. The molecule has 36 heavy (non-hydrogen) atoms. The molecule has 192 valence electrons. The highest BCUT2D eigenvalue weighted by Crippen LogP contribution is 2.41. The number of amides is 2. The summed E-state index contributed by atoms with van der Waals surface area (Å²) in [6.45, 7) is 4.24. The van der Waals surface area contributed by atoms with E-state index in [0.29, 0.717) is 23.0 Å². The average Bonchev–Trinajstić information content (AvgIpc) is 3.35. The lowest BCUT2D eigenvalue weighted by Crippen LogP contribution is -2.70. The monoisotopic (exact) mass is 550 g/mol. The Hall–Kier alpha value is -2.77. The smallest absolute Gasteiger partial charge is 0.381 e. The average molecular weight is 551 g/mol. The van der Waals surface area contributed by atoms with Crippen LogP contribution in [0.15, 0.2) is 44.8 Å². The van der Waals surface area contributed by atoms with Gasteiger partial charge in [-0.1, -0.05) is 19.4 Å². The standard InChI is InChI=1S/C23H26N4O6S3/c1-3-4-7-33-26-10-13(2)19(25-23(26)32)35-11-14-12-36-21-17(20(29)27(21)18(14)22(30)31)24-16(28)9-15-6-5-8-34-15/h5-6,8,10,17,21H,3-4,7,9,11-12H2,1-2H3,(H,24,28)(H,30,31)/t17-,21-/m1/s1. The van der Waals surface area contributed by atoms with Crippen LogP contribution >= 0.6 is 34.9 Å². The Morgan fingerprint density at radius 3 is 2.86 bits per heavy atom. The van der Waals surface area contributed by atoms with Crippen molar-refractivity contribution >= 4 is 52.6 Å². The molecule has 2 aromatic rings. The van der Waals surface area contributed by atoms with Crippen LogP contribution in [0.4, 0.5) is 0 Å². The van der Waals surface area contributed by atoms with Crippen molar-refractivity contribution in [2.75, 3.05) is 18.1 Å². The normalized spacial score (nSPS) is 19.1. The summed E-state index contributed by atoms with van der Waals surface area (Å²) in [5.74, 6) is -1.26. The number of carbonyl (C=O) groups excluding carboxylic acids is 2. The molecule has 0 radical (unpaired) electrons. The largest absolute Gasteiger partial charge is 0.477 e. The fraction of sp³-hybridized carbons (Fsp3) is 0.435. The number of thioether (sulfide) groups is 2. The fourth-order valence-electron chi connectivity index (χ4n) is 3.80. The van der Waals surface area contributed by atoms with E-state index in [1.54, 1.807) is 13.1 Å². The molecule has 2 N–H and O–H groups in total. The van der Waals surface area contributed by atoms with Crippen LogP contribution in [0.2, 0.25) is 0 Å². The van der Waals surface area contributed by atoms with Crippen LogP contribution in [0, 0.1) is 6.92 Å². The zero-order chi connectivity index (χ0) is 25.8. The van der Waals surface area contributed by atoms with E-state index in [-0.39, 0.29) is 23.8 Å². The Bertz CT molecular complexity index is 1240. The van der Waals surface area contributed by atoms with Gasteiger partial charge in [-0.25, -0.2) is 9.59 Å². The molecule has 1 fully saturated rings. The van der Waals surface area contributed by atoms with Crippen LogP contribution in [0.25, 0.3) is 0 Å². The predicted octanol–water partition coefficient (Wildman–Crippen LogP) is 1.92. The van der Waals surface area contributed by atoms with Gasteiger partial charge in [-0.05, 0) is 30.4 Å². The van der Waals surface area contributed by atoms with Gasteiger partial charge in [-0.3, -0.25) is 14.5 Å². The number of aryl methyl sites for hydroxylation is 1. The lowest BCUT2D eigenvalue weighted by Gasteiger charge is -2.49. The molecule has 2 amide bonds. The van der Waals surface area contributed by atoms with Crippen molar-refractivity contribution in [1.29, 1.82) is 0 Å². The van der Waals surface area contributed by atoms with E-state index < -0.39 is 29.0 Å². The highest BCUT2D eigenvalue weighted by Gasteiger charge is 2.54. The number of nitrogens with one attached hydrogen (secondary N) is 1. The first-order valence-electron chi connectivity index (χ1n) is 11.4. The number of aromatic nitrogens is 2. The number of carboxylic acids is 1. The molecule has 2 aliphatic rings. The van der Waals surface area contributed by atoms with Crippen LogP contribution in [-0.4, -0.2) is 67.0 Å². The first-order chi connectivity index (χ1) is 17.3. The van der Waals surface area contributed by atoms with Crippen molar-refractivity contribution in [3.8, 4) is 0 Å². The topological polar surface area (TPSA) is 131 Å². The van der Waals surface area contributed by atoms with E-state index in [0.717, 1.165) is 28.0 Å². The molecule has 13 heteroatoms. The number of nitrogens with zero attached hydrogens (tertiary/aromatic N) is 3. The minimum absolute atomic E-state index is 0.0612. The molecule has 0 saturated carbocycles. The molecule has 1 saturated heterocycles. The molecule has 0 unspecified atom stereocenters. The number of fused-ring (bicyclic) bond motifs is 1. The molecule has 4 rings (SSSR count). The number of aliphatic carboxylic acids is 1. The maximum atomic E-state index is 12.8. The highest BCUT2D eigenvalue weighted by molar-refractivity contribution is 8.01. The van der Waals surface area contributed by atoms with Crippen molar-refractivity contribution in [2.45, 2.75) is 49.6 Å². The van der Waals surface area contributed by atoms with Crippen molar-refractivity contribution in [1.82, 2.24) is 19.9 Å². The van der Waals surface area contributed by atoms with Crippen molar-refractivity contribution < 1.29 is 24.3 Å². The van der Waals surface area contributed by atoms with Gasteiger partial charge in [0, 0.05) is 21.9 Å². The second kappa shape index (κ2) is 11.5. The minimum Gasteiger partial charge on any atom is -0.477 e. The third-order valence-electron chi connectivity index (χ3n) is 5.63. The van der Waals surface area contributed by atoms with Gasteiger partial charge in [-0.2, -0.15) is 4.98 Å². The lowest BCUT2D eigenvalue weighted by atomic mass is 10.0.